The predicted molar refractivity (Wildman–Crippen MR) is 158 cm³/mol. The van der Waals surface area contributed by atoms with Crippen molar-refractivity contribution < 1.29 is 29.0 Å². The molecule has 0 saturated heterocycles. The minimum absolute atomic E-state index is 0.0798. The van der Waals surface area contributed by atoms with E-state index in [2.05, 4.69) is 16.0 Å². The molecule has 0 radical (unpaired) electrons. The number of primary amides is 1. The largest absolute Gasteiger partial charge is 0.449 e. The fourth-order valence-electron chi connectivity index (χ4n) is 5.06. The minimum Gasteiger partial charge on any atom is -0.449 e. The zero-order chi connectivity index (χ0) is 30.2. The van der Waals surface area contributed by atoms with E-state index in [0.717, 1.165) is 22.3 Å². The number of aliphatic hydroxyl groups is 1. The summed E-state index contributed by atoms with van der Waals surface area (Å²) < 4.78 is 5.63. The van der Waals surface area contributed by atoms with Crippen molar-refractivity contribution in [2.75, 3.05) is 11.9 Å². The van der Waals surface area contributed by atoms with Gasteiger partial charge in [0.1, 0.15) is 18.7 Å². The van der Waals surface area contributed by atoms with E-state index in [1.54, 1.807) is 31.2 Å². The standard InChI is InChI=1S/C32H36N4O6/c1-3-19(2)29(31(40)35-27(16-28(33)38)30(39)34-21-14-12-20(17-37)13-15-21)36-32(41)42-18-26-24-10-6-4-8-22(24)23-9-5-7-11-25(23)26/h4-15,19,26-27,29,37H,3,16-18H2,1-2H3,(H2,33,38)(H,34,39)(H,35,40)(H,36,41). The third-order valence-corrected chi connectivity index (χ3v) is 7.55. The Morgan fingerprint density at radius 2 is 1.48 bits per heavy atom. The highest BCUT2D eigenvalue weighted by molar-refractivity contribution is 6.00. The molecule has 0 spiro atoms. The van der Waals surface area contributed by atoms with Gasteiger partial charge in [0.2, 0.25) is 17.7 Å². The Balaban J connectivity index is 1.42. The van der Waals surface area contributed by atoms with Gasteiger partial charge in [0.05, 0.1) is 13.0 Å². The number of alkyl carbamates (subject to hydrolysis) is 1. The molecular formula is C32H36N4O6. The van der Waals surface area contributed by atoms with Crippen LogP contribution < -0.4 is 21.7 Å². The Hall–Kier alpha value is -4.70. The predicted octanol–water partition coefficient (Wildman–Crippen LogP) is 3.43. The number of ether oxygens (including phenoxy) is 1. The molecule has 4 rings (SSSR count). The van der Waals surface area contributed by atoms with Crippen LogP contribution in [0.2, 0.25) is 0 Å². The van der Waals surface area contributed by atoms with Crippen molar-refractivity contribution in [3.05, 3.63) is 89.5 Å². The van der Waals surface area contributed by atoms with E-state index in [0.29, 0.717) is 17.7 Å². The zero-order valence-corrected chi connectivity index (χ0v) is 23.6. The number of amides is 4. The van der Waals surface area contributed by atoms with Crippen LogP contribution in [0.4, 0.5) is 10.5 Å². The fourth-order valence-corrected chi connectivity index (χ4v) is 5.06. The number of rotatable bonds is 12. The topological polar surface area (TPSA) is 160 Å². The first-order chi connectivity index (χ1) is 20.2. The normalized spacial score (nSPS) is 14.1. The molecule has 1 aliphatic carbocycles. The Morgan fingerprint density at radius 3 is 2.02 bits per heavy atom. The van der Waals surface area contributed by atoms with E-state index in [-0.39, 0.29) is 25.0 Å². The van der Waals surface area contributed by atoms with Gasteiger partial charge in [-0.25, -0.2) is 4.79 Å². The molecule has 3 aromatic rings. The van der Waals surface area contributed by atoms with E-state index in [4.69, 9.17) is 10.5 Å². The number of nitrogens with one attached hydrogen (secondary N) is 3. The number of nitrogens with two attached hydrogens (primary N) is 1. The lowest BCUT2D eigenvalue weighted by Gasteiger charge is -2.26. The van der Waals surface area contributed by atoms with E-state index >= 15 is 0 Å². The highest BCUT2D eigenvalue weighted by Crippen LogP contribution is 2.44. The summed E-state index contributed by atoms with van der Waals surface area (Å²) in [6.07, 6.45) is -0.659. The number of hydrogen-bond acceptors (Lipinski definition) is 6. The maximum Gasteiger partial charge on any atom is 0.407 e. The van der Waals surface area contributed by atoms with E-state index in [1.165, 1.54) is 0 Å². The van der Waals surface area contributed by atoms with Gasteiger partial charge in [-0.05, 0) is 45.9 Å². The van der Waals surface area contributed by atoms with Gasteiger partial charge in [-0.2, -0.15) is 0 Å². The number of fused-ring (bicyclic) bond motifs is 3. The van der Waals surface area contributed by atoms with Crippen LogP contribution in [0.15, 0.2) is 72.8 Å². The van der Waals surface area contributed by atoms with Crippen LogP contribution in [0.1, 0.15) is 49.3 Å². The Morgan fingerprint density at radius 1 is 0.881 bits per heavy atom. The summed E-state index contributed by atoms with van der Waals surface area (Å²) in [5.41, 5.74) is 10.8. The molecule has 3 aromatic carbocycles. The molecule has 10 nitrogen and oxygen atoms in total. The summed E-state index contributed by atoms with van der Waals surface area (Å²) in [6, 6.07) is 20.1. The molecule has 6 N–H and O–H groups in total. The second-order valence-electron chi connectivity index (χ2n) is 10.4. The molecule has 0 saturated carbocycles. The Labute approximate surface area is 244 Å². The smallest absolute Gasteiger partial charge is 0.407 e. The van der Waals surface area contributed by atoms with Crippen molar-refractivity contribution in [3.8, 4) is 11.1 Å². The molecule has 0 aromatic heterocycles. The summed E-state index contributed by atoms with van der Waals surface area (Å²) in [4.78, 5) is 51.0. The van der Waals surface area contributed by atoms with Gasteiger partial charge in [-0.3, -0.25) is 14.4 Å². The van der Waals surface area contributed by atoms with E-state index < -0.39 is 42.3 Å². The van der Waals surface area contributed by atoms with Gasteiger partial charge in [0.25, 0.3) is 0 Å². The third kappa shape index (κ3) is 7.13. The van der Waals surface area contributed by atoms with Gasteiger partial charge in [0, 0.05) is 11.6 Å². The second-order valence-corrected chi connectivity index (χ2v) is 10.4. The average Bonchev–Trinajstić information content (AvgIpc) is 3.31. The second kappa shape index (κ2) is 13.8. The van der Waals surface area contributed by atoms with Crippen LogP contribution in [0.25, 0.3) is 11.1 Å². The van der Waals surface area contributed by atoms with E-state index in [9.17, 15) is 24.3 Å². The molecule has 42 heavy (non-hydrogen) atoms. The lowest BCUT2D eigenvalue weighted by molar-refractivity contribution is -0.130. The van der Waals surface area contributed by atoms with Crippen molar-refractivity contribution in [1.82, 2.24) is 10.6 Å². The maximum atomic E-state index is 13.4. The average molecular weight is 573 g/mol. The first kappa shape index (κ1) is 30.3. The van der Waals surface area contributed by atoms with Gasteiger partial charge in [-0.1, -0.05) is 80.9 Å². The lowest BCUT2D eigenvalue weighted by Crippen LogP contribution is -2.55. The summed E-state index contributed by atoms with van der Waals surface area (Å²) in [6.45, 7) is 3.59. The highest BCUT2D eigenvalue weighted by Gasteiger charge is 2.33. The molecular weight excluding hydrogens is 536 g/mol. The fraction of sp³-hybridized carbons (Fsp3) is 0.312. The van der Waals surface area contributed by atoms with Crippen LogP contribution >= 0.6 is 0 Å². The van der Waals surface area contributed by atoms with Gasteiger partial charge in [0.15, 0.2) is 0 Å². The monoisotopic (exact) mass is 572 g/mol. The molecule has 3 unspecified atom stereocenters. The number of benzene rings is 3. The van der Waals surface area contributed by atoms with Crippen LogP contribution in [-0.2, 0) is 25.7 Å². The van der Waals surface area contributed by atoms with Gasteiger partial charge < -0.3 is 31.5 Å². The number of carbonyl (C=O) groups is 4. The first-order valence-electron chi connectivity index (χ1n) is 13.9. The summed E-state index contributed by atoms with van der Waals surface area (Å²) in [5.74, 6) is -2.53. The Bertz CT molecular complexity index is 1400. The molecule has 0 aliphatic heterocycles. The molecule has 0 heterocycles. The summed E-state index contributed by atoms with van der Waals surface area (Å²) in [7, 11) is 0. The molecule has 220 valence electrons. The van der Waals surface area contributed by atoms with Crippen LogP contribution in [0, 0.1) is 5.92 Å². The zero-order valence-electron chi connectivity index (χ0n) is 23.6. The number of hydrogen-bond donors (Lipinski definition) is 5. The van der Waals surface area contributed by atoms with Gasteiger partial charge in [-0.15, -0.1) is 0 Å². The maximum absolute atomic E-state index is 13.4. The SMILES string of the molecule is CCC(C)C(NC(=O)OCC1c2ccccc2-c2ccccc21)C(=O)NC(CC(N)=O)C(=O)Nc1ccc(CO)cc1. The first-order valence-corrected chi connectivity index (χ1v) is 13.9. The highest BCUT2D eigenvalue weighted by atomic mass is 16.5. The quantitative estimate of drug-likeness (QED) is 0.224. The van der Waals surface area contributed by atoms with Gasteiger partial charge >= 0.3 is 6.09 Å². The lowest BCUT2D eigenvalue weighted by atomic mass is 9.97. The number of aliphatic hydroxyl groups excluding tert-OH is 1. The molecule has 0 bridgehead atoms. The molecule has 3 atom stereocenters. The molecule has 0 fully saturated rings. The van der Waals surface area contributed by atoms with Crippen molar-refractivity contribution >= 4 is 29.5 Å². The number of carbonyl (C=O) groups excluding carboxylic acids is 4. The van der Waals surface area contributed by atoms with Crippen LogP contribution in [-0.4, -0.2) is 47.6 Å². The molecule has 1 aliphatic rings. The van der Waals surface area contributed by atoms with E-state index in [1.807, 2.05) is 55.5 Å². The third-order valence-electron chi connectivity index (χ3n) is 7.55. The van der Waals surface area contributed by atoms with Crippen molar-refractivity contribution in [2.45, 2.75) is 51.3 Å². The van der Waals surface area contributed by atoms with Crippen molar-refractivity contribution in [1.29, 1.82) is 0 Å². The molecule has 10 heteroatoms. The minimum atomic E-state index is -1.27. The van der Waals surface area contributed by atoms with Crippen molar-refractivity contribution in [3.63, 3.8) is 0 Å². The van der Waals surface area contributed by atoms with Crippen LogP contribution in [0.5, 0.6) is 0 Å². The van der Waals surface area contributed by atoms with Crippen molar-refractivity contribution in [2.24, 2.45) is 11.7 Å². The number of anilines is 1. The summed E-state index contributed by atoms with van der Waals surface area (Å²) in [5, 5.41) is 17.1. The Kier molecular flexibility index (Phi) is 9.93. The molecule has 4 amide bonds. The summed E-state index contributed by atoms with van der Waals surface area (Å²) >= 11 is 0. The van der Waals surface area contributed by atoms with Crippen LogP contribution in [0.3, 0.4) is 0 Å².